The Balaban J connectivity index is 1.14. The third kappa shape index (κ3) is 4.94. The van der Waals surface area contributed by atoms with Crippen LogP contribution in [0.5, 0.6) is 5.75 Å². The molecule has 0 fully saturated rings. The molecule has 0 aliphatic carbocycles. The number of benzene rings is 3. The third-order valence-electron chi connectivity index (χ3n) is 6.20. The van der Waals surface area contributed by atoms with Crippen LogP contribution >= 0.6 is 0 Å². The van der Waals surface area contributed by atoms with Gasteiger partial charge in [0.2, 0.25) is 0 Å². The summed E-state index contributed by atoms with van der Waals surface area (Å²) in [6, 6.07) is 19.3. The van der Waals surface area contributed by atoms with Crippen LogP contribution < -0.4 is 10.1 Å². The van der Waals surface area contributed by atoms with Gasteiger partial charge in [0.1, 0.15) is 23.8 Å². The number of imidazole rings is 1. The molecule has 39 heavy (non-hydrogen) atoms. The summed E-state index contributed by atoms with van der Waals surface area (Å²) in [5, 5.41) is 14.7. The lowest BCUT2D eigenvalue weighted by Gasteiger charge is -2.06. The molecule has 10 nitrogen and oxygen atoms in total. The monoisotopic (exact) mass is 526 g/mol. The Morgan fingerprint density at radius 1 is 1.05 bits per heavy atom. The number of amides is 1. The quantitative estimate of drug-likeness (QED) is 0.229. The Labute approximate surface area is 221 Å². The summed E-state index contributed by atoms with van der Waals surface area (Å²) >= 11 is 0. The molecule has 3 aromatic heterocycles. The first-order chi connectivity index (χ1) is 19.1. The Morgan fingerprint density at radius 3 is 2.72 bits per heavy atom. The van der Waals surface area contributed by atoms with Gasteiger partial charge in [0.25, 0.3) is 5.91 Å². The number of fused-ring (bicyclic) bond motifs is 2. The minimum atomic E-state index is -0.518. The van der Waals surface area contributed by atoms with Gasteiger partial charge in [-0.05, 0) is 30.3 Å². The lowest BCUT2D eigenvalue weighted by Crippen LogP contribution is -2.23. The second-order valence-electron chi connectivity index (χ2n) is 8.78. The number of nitrogens with zero attached hydrogens (tertiary/aromatic N) is 3. The number of methoxy groups -OCH3 is 1. The van der Waals surface area contributed by atoms with Gasteiger partial charge in [-0.15, -0.1) is 0 Å². The van der Waals surface area contributed by atoms with Gasteiger partial charge in [-0.25, -0.2) is 9.37 Å². The highest BCUT2D eigenvalue weighted by Crippen LogP contribution is 2.33. The van der Waals surface area contributed by atoms with E-state index in [4.69, 9.17) is 14.0 Å². The molecule has 0 bridgehead atoms. The molecule has 0 aliphatic rings. The predicted octanol–water partition coefficient (Wildman–Crippen LogP) is 4.86. The van der Waals surface area contributed by atoms with Gasteiger partial charge in [-0.2, -0.15) is 5.10 Å². The van der Waals surface area contributed by atoms with Crippen LogP contribution in [0.25, 0.3) is 44.6 Å². The second-order valence-corrected chi connectivity index (χ2v) is 8.78. The van der Waals surface area contributed by atoms with Gasteiger partial charge in [0, 0.05) is 35.8 Å². The number of ether oxygens (including phenoxy) is 2. The largest absolute Gasteiger partial charge is 0.488 e. The number of hydrogen-bond donors (Lipinski definition) is 3. The van der Waals surface area contributed by atoms with E-state index in [1.807, 2.05) is 24.3 Å². The maximum Gasteiger partial charge on any atom is 0.251 e. The van der Waals surface area contributed by atoms with Crippen LogP contribution in [0, 0.1) is 5.82 Å². The minimum absolute atomic E-state index is 0.106. The van der Waals surface area contributed by atoms with Crippen LogP contribution in [0.3, 0.4) is 0 Å². The summed E-state index contributed by atoms with van der Waals surface area (Å²) in [5.74, 6) is 0.414. The highest BCUT2D eigenvalue weighted by Gasteiger charge is 2.18. The van der Waals surface area contributed by atoms with E-state index in [1.54, 1.807) is 43.5 Å². The lowest BCUT2D eigenvalue weighted by molar-refractivity contribution is 0.0950. The minimum Gasteiger partial charge on any atom is -0.488 e. The molecule has 3 heterocycles. The molecular weight excluding hydrogens is 503 g/mol. The van der Waals surface area contributed by atoms with Gasteiger partial charge in [-0.1, -0.05) is 29.4 Å². The highest BCUT2D eigenvalue weighted by atomic mass is 19.1. The normalized spacial score (nSPS) is 11.3. The number of H-pyrrole nitrogens is 2. The van der Waals surface area contributed by atoms with Crippen LogP contribution in [-0.4, -0.2) is 51.6 Å². The number of hydrogen-bond acceptors (Lipinski definition) is 7. The third-order valence-corrected chi connectivity index (χ3v) is 6.20. The zero-order valence-corrected chi connectivity index (χ0v) is 20.8. The van der Waals surface area contributed by atoms with Gasteiger partial charge in [-0.3, -0.25) is 9.89 Å². The number of rotatable bonds is 9. The fourth-order valence-electron chi connectivity index (χ4n) is 4.22. The number of halogens is 1. The van der Waals surface area contributed by atoms with Crippen molar-refractivity contribution in [1.82, 2.24) is 30.6 Å². The molecule has 0 radical (unpaired) electrons. The first-order valence-corrected chi connectivity index (χ1v) is 12.2. The second kappa shape index (κ2) is 10.4. The van der Waals surface area contributed by atoms with Crippen LogP contribution in [0.1, 0.15) is 16.2 Å². The van der Waals surface area contributed by atoms with Crippen molar-refractivity contribution in [2.24, 2.45) is 0 Å². The zero-order valence-electron chi connectivity index (χ0n) is 20.8. The molecule has 11 heteroatoms. The Hall–Kier alpha value is -5.03. The van der Waals surface area contributed by atoms with Gasteiger partial charge in [0.05, 0.1) is 29.7 Å². The molecule has 0 aliphatic heterocycles. The van der Waals surface area contributed by atoms with Crippen LogP contribution in [0.2, 0.25) is 0 Å². The van der Waals surface area contributed by atoms with Crippen molar-refractivity contribution in [2.45, 2.75) is 6.54 Å². The number of carbonyl (C=O) groups excluding carboxylic acids is 1. The number of para-hydroxylation sites is 2. The lowest BCUT2D eigenvalue weighted by atomic mass is 10.1. The zero-order chi connectivity index (χ0) is 26.8. The standard InChI is InChI=1S/C28H23FN6O4/c1-37-10-11-38-24-14-23-18(12-19(24)29)27(34-33-23)25-13-22(35-39-25)16-6-8-17(9-7-16)28(36)30-15-26-31-20-4-2-3-5-21(20)32-26/h2-9,12-14H,10-11,15H2,1H3,(H,30,36)(H,31,32)(H,33,34). The number of nitrogens with one attached hydrogen (secondary N) is 3. The summed E-state index contributed by atoms with van der Waals surface area (Å²) in [5.41, 5.74) is 4.58. The van der Waals surface area contributed by atoms with Crippen LogP contribution in [0.15, 0.2) is 71.3 Å². The van der Waals surface area contributed by atoms with E-state index in [2.05, 4.69) is 30.6 Å². The molecule has 1 amide bonds. The van der Waals surface area contributed by atoms with Gasteiger partial charge >= 0.3 is 0 Å². The maximum atomic E-state index is 14.6. The van der Waals surface area contributed by atoms with Crippen molar-refractivity contribution in [3.63, 3.8) is 0 Å². The molecule has 6 rings (SSSR count). The Morgan fingerprint density at radius 2 is 1.90 bits per heavy atom. The van der Waals surface area contributed by atoms with E-state index in [0.29, 0.717) is 46.0 Å². The number of aromatic amines is 2. The fourth-order valence-corrected chi connectivity index (χ4v) is 4.22. The van der Waals surface area contributed by atoms with Crippen molar-refractivity contribution >= 4 is 27.8 Å². The summed E-state index contributed by atoms with van der Waals surface area (Å²) in [6.45, 7) is 0.856. The van der Waals surface area contributed by atoms with E-state index in [1.165, 1.54) is 6.07 Å². The first kappa shape index (κ1) is 24.3. The topological polar surface area (TPSA) is 131 Å². The Bertz CT molecular complexity index is 1740. The average Bonchev–Trinajstić information content (AvgIpc) is 3.70. The molecule has 3 N–H and O–H groups in total. The van der Waals surface area contributed by atoms with Gasteiger partial charge < -0.3 is 24.3 Å². The van der Waals surface area contributed by atoms with Crippen molar-refractivity contribution in [2.75, 3.05) is 20.3 Å². The fraction of sp³-hybridized carbons (Fsp3) is 0.143. The summed E-state index contributed by atoms with van der Waals surface area (Å²) in [7, 11) is 1.55. The molecule has 0 unspecified atom stereocenters. The van der Waals surface area contributed by atoms with E-state index in [9.17, 15) is 9.18 Å². The van der Waals surface area contributed by atoms with Gasteiger partial charge in [0.15, 0.2) is 17.3 Å². The highest BCUT2D eigenvalue weighted by molar-refractivity contribution is 5.95. The molecule has 0 saturated heterocycles. The molecular formula is C28H23FN6O4. The molecule has 3 aromatic carbocycles. The smallest absolute Gasteiger partial charge is 0.251 e. The van der Waals surface area contributed by atoms with E-state index >= 15 is 0 Å². The van der Waals surface area contributed by atoms with E-state index in [0.717, 1.165) is 16.6 Å². The number of aromatic nitrogens is 5. The van der Waals surface area contributed by atoms with Crippen molar-refractivity contribution < 1.29 is 23.2 Å². The van der Waals surface area contributed by atoms with Crippen LogP contribution in [0.4, 0.5) is 4.39 Å². The number of carbonyl (C=O) groups is 1. The summed E-state index contributed by atoms with van der Waals surface area (Å²) in [4.78, 5) is 20.3. The van der Waals surface area contributed by atoms with Crippen molar-refractivity contribution in [1.29, 1.82) is 0 Å². The first-order valence-electron chi connectivity index (χ1n) is 12.2. The predicted molar refractivity (Wildman–Crippen MR) is 142 cm³/mol. The van der Waals surface area contributed by atoms with Crippen LogP contribution in [-0.2, 0) is 11.3 Å². The molecule has 0 saturated carbocycles. The Kier molecular flexibility index (Phi) is 6.47. The van der Waals surface area contributed by atoms with Crippen molar-refractivity contribution in [3.8, 4) is 28.5 Å². The molecule has 196 valence electrons. The molecule has 0 atom stereocenters. The summed E-state index contributed by atoms with van der Waals surface area (Å²) < 4.78 is 30.5. The molecule has 6 aromatic rings. The van der Waals surface area contributed by atoms with E-state index in [-0.39, 0.29) is 24.8 Å². The average molecular weight is 527 g/mol. The molecule has 0 spiro atoms. The SMILES string of the molecule is COCCOc1cc2[nH]nc(-c3cc(-c4ccc(C(=O)NCc5nc6ccccc6[nH]5)cc4)no3)c2cc1F. The summed E-state index contributed by atoms with van der Waals surface area (Å²) in [6.07, 6.45) is 0. The maximum absolute atomic E-state index is 14.6. The van der Waals surface area contributed by atoms with Crippen molar-refractivity contribution in [3.05, 3.63) is 83.9 Å². The van der Waals surface area contributed by atoms with E-state index < -0.39 is 5.82 Å².